The van der Waals surface area contributed by atoms with Crippen molar-refractivity contribution in [2.45, 2.75) is 13.0 Å². The van der Waals surface area contributed by atoms with E-state index >= 15 is 0 Å². The van der Waals surface area contributed by atoms with Crippen LogP contribution in [0.3, 0.4) is 0 Å². The minimum Gasteiger partial charge on any atom is -0.497 e. The number of ether oxygens (including phenoxy) is 2. The van der Waals surface area contributed by atoms with Crippen molar-refractivity contribution in [3.8, 4) is 11.5 Å². The van der Waals surface area contributed by atoms with Crippen molar-refractivity contribution in [1.29, 1.82) is 0 Å². The lowest BCUT2D eigenvalue weighted by Gasteiger charge is -2.17. The summed E-state index contributed by atoms with van der Waals surface area (Å²) in [5.74, 6) is -0.0267. The molecule has 2 amide bonds. The molecule has 0 saturated heterocycles. The van der Waals surface area contributed by atoms with Gasteiger partial charge in [-0.3, -0.25) is 25.8 Å². The standard InChI is InChI=1S/C18H17Cl2N3O4S/c1-10(27-15-8-5-12(19)9-14(15)20)16(24)21-18(28)23-22-17(25)11-3-6-13(26-2)7-4-11/h3-10H,1-2H3,(H,22,25)(H2,21,23,24,28). The Hall–Kier alpha value is -2.55. The van der Waals surface area contributed by atoms with Gasteiger partial charge in [-0.05, 0) is 61.6 Å². The molecular weight excluding hydrogens is 425 g/mol. The van der Waals surface area contributed by atoms with Crippen LogP contribution in [-0.2, 0) is 4.79 Å². The molecule has 28 heavy (non-hydrogen) atoms. The lowest BCUT2D eigenvalue weighted by Crippen LogP contribution is -2.51. The molecule has 148 valence electrons. The Morgan fingerprint density at radius 1 is 1.07 bits per heavy atom. The first-order chi connectivity index (χ1) is 13.3. The van der Waals surface area contributed by atoms with Crippen LogP contribution in [0.15, 0.2) is 42.5 Å². The summed E-state index contributed by atoms with van der Waals surface area (Å²) < 4.78 is 10.5. The smallest absolute Gasteiger partial charge is 0.269 e. The maximum absolute atomic E-state index is 12.2. The summed E-state index contributed by atoms with van der Waals surface area (Å²) in [7, 11) is 1.53. The number of hydrogen-bond donors (Lipinski definition) is 3. The van der Waals surface area contributed by atoms with E-state index in [1.54, 1.807) is 36.4 Å². The molecule has 0 aliphatic carbocycles. The number of thiocarbonyl (C=S) groups is 1. The summed E-state index contributed by atoms with van der Waals surface area (Å²) in [6.45, 7) is 1.53. The molecule has 0 radical (unpaired) electrons. The van der Waals surface area contributed by atoms with Crippen molar-refractivity contribution in [3.63, 3.8) is 0 Å². The van der Waals surface area contributed by atoms with E-state index < -0.39 is 17.9 Å². The molecule has 1 unspecified atom stereocenters. The zero-order chi connectivity index (χ0) is 20.7. The van der Waals surface area contributed by atoms with Crippen LogP contribution in [-0.4, -0.2) is 30.1 Å². The Kier molecular flexibility index (Phi) is 7.86. The fourth-order valence-electron chi connectivity index (χ4n) is 1.99. The molecule has 2 aromatic rings. The van der Waals surface area contributed by atoms with Crippen LogP contribution >= 0.6 is 35.4 Å². The molecular formula is C18H17Cl2N3O4S. The number of carbonyl (C=O) groups is 2. The maximum atomic E-state index is 12.2. The Labute approximate surface area is 177 Å². The van der Waals surface area contributed by atoms with Gasteiger partial charge in [0.15, 0.2) is 11.2 Å². The molecule has 0 saturated carbocycles. The van der Waals surface area contributed by atoms with Crippen molar-refractivity contribution in [2.24, 2.45) is 0 Å². The summed E-state index contributed by atoms with van der Waals surface area (Å²) in [5, 5.41) is 3.04. The zero-order valence-electron chi connectivity index (χ0n) is 14.9. The Balaban J connectivity index is 1.82. The number of halogens is 2. The minimum absolute atomic E-state index is 0.0930. The van der Waals surface area contributed by atoms with Gasteiger partial charge in [0.05, 0.1) is 12.1 Å². The average Bonchev–Trinajstić information content (AvgIpc) is 2.68. The maximum Gasteiger partial charge on any atom is 0.269 e. The molecule has 0 aromatic heterocycles. The van der Waals surface area contributed by atoms with Crippen molar-refractivity contribution < 1.29 is 19.1 Å². The van der Waals surface area contributed by atoms with Crippen LogP contribution in [0, 0.1) is 0 Å². The van der Waals surface area contributed by atoms with E-state index in [0.717, 1.165) is 0 Å². The second-order valence-corrected chi connectivity index (χ2v) is 6.71. The summed E-state index contributed by atoms with van der Waals surface area (Å²) in [6.07, 6.45) is -0.893. The average molecular weight is 442 g/mol. The van der Waals surface area contributed by atoms with Crippen molar-refractivity contribution in [2.75, 3.05) is 7.11 Å². The van der Waals surface area contributed by atoms with Gasteiger partial charge in [-0.25, -0.2) is 0 Å². The van der Waals surface area contributed by atoms with E-state index in [-0.39, 0.29) is 10.1 Å². The largest absolute Gasteiger partial charge is 0.497 e. The third-order valence-corrected chi connectivity index (χ3v) is 4.18. The van der Waals surface area contributed by atoms with E-state index in [9.17, 15) is 9.59 Å². The van der Waals surface area contributed by atoms with E-state index in [1.807, 2.05) is 0 Å². The first-order valence-corrected chi connectivity index (χ1v) is 9.13. The van der Waals surface area contributed by atoms with Gasteiger partial charge in [0.1, 0.15) is 11.5 Å². The van der Waals surface area contributed by atoms with Gasteiger partial charge < -0.3 is 9.47 Å². The molecule has 2 aromatic carbocycles. The van der Waals surface area contributed by atoms with Crippen molar-refractivity contribution >= 4 is 52.3 Å². The zero-order valence-corrected chi connectivity index (χ0v) is 17.2. The van der Waals surface area contributed by atoms with Gasteiger partial charge in [-0.15, -0.1) is 0 Å². The van der Waals surface area contributed by atoms with E-state index in [0.29, 0.717) is 22.1 Å². The van der Waals surface area contributed by atoms with Crippen LogP contribution in [0.25, 0.3) is 0 Å². The highest BCUT2D eigenvalue weighted by Gasteiger charge is 2.18. The number of hydrogen-bond acceptors (Lipinski definition) is 5. The third kappa shape index (κ3) is 6.26. The quantitative estimate of drug-likeness (QED) is 0.487. The second-order valence-electron chi connectivity index (χ2n) is 5.46. The highest BCUT2D eigenvalue weighted by Crippen LogP contribution is 2.28. The number of hydrazine groups is 1. The molecule has 0 heterocycles. The van der Waals surface area contributed by atoms with Crippen molar-refractivity contribution in [3.05, 3.63) is 58.1 Å². The highest BCUT2D eigenvalue weighted by molar-refractivity contribution is 7.80. The van der Waals surface area contributed by atoms with Gasteiger partial charge in [0.25, 0.3) is 11.8 Å². The van der Waals surface area contributed by atoms with Crippen LogP contribution in [0.5, 0.6) is 11.5 Å². The van der Waals surface area contributed by atoms with Gasteiger partial charge >= 0.3 is 0 Å². The number of benzene rings is 2. The molecule has 1 atom stereocenters. The summed E-state index contributed by atoms with van der Waals surface area (Å²) in [6, 6.07) is 11.1. The predicted octanol–water partition coefficient (Wildman–Crippen LogP) is 3.11. The first-order valence-electron chi connectivity index (χ1n) is 7.97. The fourth-order valence-corrected chi connectivity index (χ4v) is 2.59. The molecule has 10 heteroatoms. The molecule has 2 rings (SSSR count). The topological polar surface area (TPSA) is 88.7 Å². The van der Waals surface area contributed by atoms with Gasteiger partial charge in [-0.2, -0.15) is 0 Å². The second kappa shape index (κ2) is 10.1. The number of nitrogens with one attached hydrogen (secondary N) is 3. The summed E-state index contributed by atoms with van der Waals surface area (Å²) in [4.78, 5) is 24.2. The Morgan fingerprint density at radius 3 is 2.36 bits per heavy atom. The highest BCUT2D eigenvalue weighted by atomic mass is 35.5. The predicted molar refractivity (Wildman–Crippen MR) is 111 cm³/mol. The first kappa shape index (κ1) is 21.7. The molecule has 0 fully saturated rings. The molecule has 0 aliphatic rings. The Bertz CT molecular complexity index is 878. The Morgan fingerprint density at radius 2 is 1.75 bits per heavy atom. The molecule has 7 nitrogen and oxygen atoms in total. The number of amides is 2. The van der Waals surface area contributed by atoms with E-state index in [4.69, 9.17) is 44.9 Å². The summed E-state index contributed by atoms with van der Waals surface area (Å²) in [5.41, 5.74) is 5.22. The number of methoxy groups -OCH3 is 1. The lowest BCUT2D eigenvalue weighted by molar-refractivity contribution is -0.125. The van der Waals surface area contributed by atoms with Gasteiger partial charge in [0, 0.05) is 10.6 Å². The van der Waals surface area contributed by atoms with Crippen LogP contribution in [0.1, 0.15) is 17.3 Å². The SMILES string of the molecule is COc1ccc(C(=O)NNC(=S)NC(=O)C(C)Oc2ccc(Cl)cc2Cl)cc1. The lowest BCUT2D eigenvalue weighted by atomic mass is 10.2. The van der Waals surface area contributed by atoms with Gasteiger partial charge in [0.2, 0.25) is 0 Å². The van der Waals surface area contributed by atoms with Crippen LogP contribution in [0.4, 0.5) is 0 Å². The number of rotatable bonds is 5. The normalized spacial score (nSPS) is 11.1. The van der Waals surface area contributed by atoms with Crippen LogP contribution in [0.2, 0.25) is 10.0 Å². The molecule has 3 N–H and O–H groups in total. The van der Waals surface area contributed by atoms with E-state index in [2.05, 4.69) is 16.2 Å². The molecule has 0 aliphatic heterocycles. The third-order valence-electron chi connectivity index (χ3n) is 3.45. The monoisotopic (exact) mass is 441 g/mol. The molecule has 0 spiro atoms. The molecule has 0 bridgehead atoms. The van der Waals surface area contributed by atoms with Gasteiger partial charge in [-0.1, -0.05) is 23.2 Å². The minimum atomic E-state index is -0.893. The summed E-state index contributed by atoms with van der Waals surface area (Å²) >= 11 is 16.8. The number of carbonyl (C=O) groups excluding carboxylic acids is 2. The fraction of sp³-hybridized carbons (Fsp3) is 0.167. The van der Waals surface area contributed by atoms with Crippen LogP contribution < -0.4 is 25.6 Å². The van der Waals surface area contributed by atoms with Crippen molar-refractivity contribution in [1.82, 2.24) is 16.2 Å². The van der Waals surface area contributed by atoms with E-state index in [1.165, 1.54) is 20.1 Å².